The van der Waals surface area contributed by atoms with E-state index in [1.165, 1.54) is 12.1 Å². The van der Waals surface area contributed by atoms with Gasteiger partial charge in [-0.2, -0.15) is 0 Å². The maximum Gasteiger partial charge on any atom is 0.140 e. The molecule has 0 spiro atoms. The van der Waals surface area contributed by atoms with Gasteiger partial charge in [0.2, 0.25) is 0 Å². The quantitative estimate of drug-likeness (QED) is 0.682. The van der Waals surface area contributed by atoms with Gasteiger partial charge in [0.25, 0.3) is 0 Å². The molecule has 2 aromatic carbocycles. The molecule has 6 heteroatoms. The lowest BCUT2D eigenvalue weighted by Crippen LogP contribution is -1.95. The van der Waals surface area contributed by atoms with Crippen LogP contribution in [0.15, 0.2) is 30.3 Å². The first kappa shape index (κ1) is 13.2. The van der Waals surface area contributed by atoms with Gasteiger partial charge in [0.1, 0.15) is 11.6 Å². The maximum absolute atomic E-state index is 13.3. The normalized spacial score (nSPS) is 11.2. The van der Waals surface area contributed by atoms with Gasteiger partial charge < -0.3 is 10.3 Å². The van der Waals surface area contributed by atoms with E-state index in [0.717, 1.165) is 5.56 Å². The van der Waals surface area contributed by atoms with Gasteiger partial charge >= 0.3 is 0 Å². The summed E-state index contributed by atoms with van der Waals surface area (Å²) in [7, 11) is 1.81. The number of benzene rings is 2. The second kappa shape index (κ2) is 4.65. The molecule has 0 aliphatic heterocycles. The fourth-order valence-electron chi connectivity index (χ4n) is 2.13. The Morgan fingerprint density at radius 1 is 1.15 bits per heavy atom. The Bertz CT molecular complexity index is 804. The van der Waals surface area contributed by atoms with E-state index in [4.69, 9.17) is 28.9 Å². The van der Waals surface area contributed by atoms with Crippen LogP contribution in [0.4, 0.5) is 10.1 Å². The van der Waals surface area contributed by atoms with E-state index in [9.17, 15) is 4.39 Å². The summed E-state index contributed by atoms with van der Waals surface area (Å²) in [5.41, 5.74) is 8.19. The van der Waals surface area contributed by atoms with Gasteiger partial charge in [0, 0.05) is 12.6 Å². The van der Waals surface area contributed by atoms with Crippen LogP contribution in [0, 0.1) is 5.82 Å². The highest BCUT2D eigenvalue weighted by molar-refractivity contribution is 6.39. The molecule has 0 atom stereocenters. The van der Waals surface area contributed by atoms with E-state index in [1.807, 2.05) is 7.05 Å². The van der Waals surface area contributed by atoms with Crippen molar-refractivity contribution >= 4 is 39.9 Å². The van der Waals surface area contributed by atoms with Gasteiger partial charge in [-0.25, -0.2) is 9.37 Å². The van der Waals surface area contributed by atoms with Crippen molar-refractivity contribution < 1.29 is 4.39 Å². The van der Waals surface area contributed by atoms with Crippen LogP contribution in [-0.4, -0.2) is 9.55 Å². The number of anilines is 1. The molecule has 0 radical (unpaired) electrons. The lowest BCUT2D eigenvalue weighted by atomic mass is 10.2. The first-order chi connectivity index (χ1) is 9.47. The molecule has 102 valence electrons. The average molecular weight is 310 g/mol. The van der Waals surface area contributed by atoms with Crippen LogP contribution in [0.1, 0.15) is 0 Å². The average Bonchev–Trinajstić information content (AvgIpc) is 2.73. The standard InChI is InChI=1S/C14H10Cl2FN3/c1-20-12-6-8(17)2-3-11(12)19-14(20)7-4-9(15)13(18)10(16)5-7/h2-6H,18H2,1H3. The van der Waals surface area contributed by atoms with Gasteiger partial charge in [0.15, 0.2) is 0 Å². The highest BCUT2D eigenvalue weighted by atomic mass is 35.5. The number of fused-ring (bicyclic) bond motifs is 1. The van der Waals surface area contributed by atoms with Crippen molar-refractivity contribution in [1.82, 2.24) is 9.55 Å². The highest BCUT2D eigenvalue weighted by Crippen LogP contribution is 2.34. The molecule has 0 bridgehead atoms. The molecular weight excluding hydrogens is 300 g/mol. The highest BCUT2D eigenvalue weighted by Gasteiger charge is 2.13. The summed E-state index contributed by atoms with van der Waals surface area (Å²) in [6, 6.07) is 7.84. The summed E-state index contributed by atoms with van der Waals surface area (Å²) in [5, 5.41) is 0.733. The summed E-state index contributed by atoms with van der Waals surface area (Å²) >= 11 is 12.1. The predicted molar refractivity (Wildman–Crippen MR) is 80.5 cm³/mol. The monoisotopic (exact) mass is 309 g/mol. The molecule has 0 saturated heterocycles. The van der Waals surface area contributed by atoms with Crippen LogP contribution in [0.25, 0.3) is 22.4 Å². The summed E-state index contributed by atoms with van der Waals surface area (Å²) < 4.78 is 15.1. The molecule has 1 aromatic heterocycles. The van der Waals surface area contributed by atoms with Gasteiger partial charge in [-0.15, -0.1) is 0 Å². The molecule has 0 fully saturated rings. The van der Waals surface area contributed by atoms with E-state index in [1.54, 1.807) is 22.8 Å². The first-order valence-electron chi connectivity index (χ1n) is 5.84. The molecule has 3 nitrogen and oxygen atoms in total. The van der Waals surface area contributed by atoms with Crippen LogP contribution >= 0.6 is 23.2 Å². The van der Waals surface area contributed by atoms with Gasteiger partial charge in [-0.1, -0.05) is 23.2 Å². The minimum absolute atomic E-state index is 0.305. The van der Waals surface area contributed by atoms with Crippen molar-refractivity contribution in [3.05, 3.63) is 46.2 Å². The number of aryl methyl sites for hydroxylation is 1. The Balaban J connectivity index is 2.27. The predicted octanol–water partition coefficient (Wildman–Crippen LogP) is 4.27. The Labute approximate surface area is 124 Å². The Morgan fingerprint density at radius 3 is 2.45 bits per heavy atom. The number of imidazole rings is 1. The Morgan fingerprint density at radius 2 is 1.80 bits per heavy atom. The van der Waals surface area contributed by atoms with E-state index < -0.39 is 0 Å². The van der Waals surface area contributed by atoms with Crippen LogP contribution in [0.3, 0.4) is 0 Å². The van der Waals surface area contributed by atoms with Gasteiger partial charge in [-0.05, 0) is 30.3 Å². The van der Waals surface area contributed by atoms with Crippen LogP contribution < -0.4 is 5.73 Å². The number of nitrogens with zero attached hydrogens (tertiary/aromatic N) is 2. The molecule has 3 aromatic rings. The zero-order chi connectivity index (χ0) is 14.4. The van der Waals surface area contributed by atoms with Crippen LogP contribution in [0.5, 0.6) is 0 Å². The maximum atomic E-state index is 13.3. The summed E-state index contributed by atoms with van der Waals surface area (Å²) in [6.45, 7) is 0. The van der Waals surface area contributed by atoms with Gasteiger partial charge in [-0.3, -0.25) is 0 Å². The first-order valence-corrected chi connectivity index (χ1v) is 6.60. The largest absolute Gasteiger partial charge is 0.396 e. The number of aromatic nitrogens is 2. The minimum Gasteiger partial charge on any atom is -0.396 e. The van der Waals surface area contributed by atoms with Crippen LogP contribution in [-0.2, 0) is 7.05 Å². The van der Waals surface area contributed by atoms with Crippen molar-refractivity contribution in [3.63, 3.8) is 0 Å². The number of hydrogen-bond acceptors (Lipinski definition) is 2. The van der Waals surface area contributed by atoms with Crippen molar-refractivity contribution in [2.75, 3.05) is 5.73 Å². The zero-order valence-corrected chi connectivity index (χ0v) is 12.0. The fraction of sp³-hybridized carbons (Fsp3) is 0.0714. The molecule has 0 saturated carbocycles. The second-order valence-corrected chi connectivity index (χ2v) is 5.30. The summed E-state index contributed by atoms with van der Waals surface area (Å²) in [6.07, 6.45) is 0. The lowest BCUT2D eigenvalue weighted by Gasteiger charge is -2.06. The Kier molecular flexibility index (Phi) is 3.07. The number of nitrogen functional groups attached to an aromatic ring is 1. The molecule has 20 heavy (non-hydrogen) atoms. The van der Waals surface area contributed by atoms with E-state index in [2.05, 4.69) is 4.98 Å². The summed E-state index contributed by atoms with van der Waals surface area (Å²) in [5.74, 6) is 0.342. The van der Waals surface area contributed by atoms with Crippen molar-refractivity contribution in [3.8, 4) is 11.4 Å². The van der Waals surface area contributed by atoms with E-state index in [-0.39, 0.29) is 5.82 Å². The molecule has 2 N–H and O–H groups in total. The molecular formula is C14H10Cl2FN3. The second-order valence-electron chi connectivity index (χ2n) is 4.48. The lowest BCUT2D eigenvalue weighted by molar-refractivity contribution is 0.629. The number of rotatable bonds is 1. The third-order valence-electron chi connectivity index (χ3n) is 3.18. The SMILES string of the molecule is Cn1c(-c2cc(Cl)c(N)c(Cl)c2)nc2ccc(F)cc21. The number of hydrogen-bond donors (Lipinski definition) is 1. The molecule has 3 rings (SSSR count). The van der Waals surface area contributed by atoms with E-state index >= 15 is 0 Å². The molecule has 0 amide bonds. The van der Waals surface area contributed by atoms with Crippen molar-refractivity contribution in [2.24, 2.45) is 7.05 Å². The number of halogens is 3. The Hall–Kier alpha value is -1.78. The van der Waals surface area contributed by atoms with Crippen molar-refractivity contribution in [1.29, 1.82) is 0 Å². The van der Waals surface area contributed by atoms with E-state index in [0.29, 0.717) is 32.6 Å². The molecule has 0 aliphatic rings. The van der Waals surface area contributed by atoms with Crippen LogP contribution in [0.2, 0.25) is 10.0 Å². The van der Waals surface area contributed by atoms with Crippen molar-refractivity contribution in [2.45, 2.75) is 0 Å². The number of nitrogens with two attached hydrogens (primary N) is 1. The molecule has 0 unspecified atom stereocenters. The van der Waals surface area contributed by atoms with Gasteiger partial charge in [0.05, 0.1) is 26.8 Å². The fourth-order valence-corrected chi connectivity index (χ4v) is 2.62. The zero-order valence-electron chi connectivity index (χ0n) is 10.5. The molecule has 0 aliphatic carbocycles. The topological polar surface area (TPSA) is 43.8 Å². The minimum atomic E-state index is -0.305. The third kappa shape index (κ3) is 2.01. The third-order valence-corrected chi connectivity index (χ3v) is 3.81. The molecule has 1 heterocycles. The summed E-state index contributed by atoms with van der Waals surface area (Å²) in [4.78, 5) is 4.47. The smallest absolute Gasteiger partial charge is 0.140 e.